The monoisotopic (exact) mass is 266 g/mol. The summed E-state index contributed by atoms with van der Waals surface area (Å²) in [6.45, 7) is 0. The van der Waals surface area contributed by atoms with E-state index in [0.29, 0.717) is 18.9 Å². The Balaban J connectivity index is 2.36. The van der Waals surface area contributed by atoms with Crippen molar-refractivity contribution in [3.8, 4) is 0 Å². The number of aromatic carboxylic acids is 1. The summed E-state index contributed by atoms with van der Waals surface area (Å²) < 4.78 is 13.7. The van der Waals surface area contributed by atoms with Crippen molar-refractivity contribution in [2.75, 3.05) is 5.32 Å². The molecule has 0 atom stereocenters. The number of hydrogen-bond donors (Lipinski definition) is 2. The maximum atomic E-state index is 13.7. The number of nitro groups is 1. The average molecular weight is 266 g/mol. The van der Waals surface area contributed by atoms with Gasteiger partial charge in [0.25, 0.3) is 5.69 Å². The largest absolute Gasteiger partial charge is 0.477 e. The van der Waals surface area contributed by atoms with Crippen molar-refractivity contribution in [2.24, 2.45) is 0 Å². The molecule has 0 saturated heterocycles. The van der Waals surface area contributed by atoms with Crippen molar-refractivity contribution in [2.45, 2.75) is 18.9 Å². The molecule has 7 heteroatoms. The van der Waals surface area contributed by atoms with Crippen molar-refractivity contribution in [1.82, 2.24) is 0 Å². The maximum Gasteiger partial charge on any atom is 0.342 e. The normalized spacial score (nSPS) is 14.6. The van der Waals surface area contributed by atoms with Crippen LogP contribution in [0.25, 0.3) is 0 Å². The van der Waals surface area contributed by atoms with E-state index in [2.05, 4.69) is 5.32 Å². The number of anilines is 1. The smallest absolute Gasteiger partial charge is 0.342 e. The number of rotatable bonds is 4. The van der Waals surface area contributed by atoms with Crippen LogP contribution >= 0.6 is 0 Å². The Bertz CT molecular complexity index is 563. The van der Waals surface area contributed by atoms with Crippen LogP contribution in [0.4, 0.5) is 15.8 Å². The SMILES string of the molecule is O=C(O)c1cc(NC2CC=CC2)c(F)cc1[N+](=O)[O-]. The van der Waals surface area contributed by atoms with E-state index in [-0.39, 0.29) is 11.7 Å². The standard InChI is InChI=1S/C12H11FN2O4/c13-9-6-11(15(18)19)8(12(16)17)5-10(9)14-7-3-1-2-4-7/h1-2,5-7,14H,3-4H2,(H,16,17). The van der Waals surface area contributed by atoms with Crippen molar-refractivity contribution in [3.63, 3.8) is 0 Å². The second-order valence-electron chi connectivity index (χ2n) is 4.20. The van der Waals surface area contributed by atoms with E-state index in [1.54, 1.807) is 0 Å². The molecule has 2 N–H and O–H groups in total. The fourth-order valence-electron chi connectivity index (χ4n) is 1.95. The summed E-state index contributed by atoms with van der Waals surface area (Å²) in [6.07, 6.45) is 5.27. The maximum absolute atomic E-state index is 13.7. The lowest BCUT2D eigenvalue weighted by Crippen LogP contribution is -2.17. The Labute approximate surface area is 107 Å². The first-order chi connectivity index (χ1) is 8.99. The van der Waals surface area contributed by atoms with E-state index in [4.69, 9.17) is 5.11 Å². The van der Waals surface area contributed by atoms with Crippen LogP contribution in [0.5, 0.6) is 0 Å². The van der Waals surface area contributed by atoms with Gasteiger partial charge in [0, 0.05) is 6.04 Å². The molecule has 1 aliphatic rings. The molecule has 1 aromatic carbocycles. The second-order valence-corrected chi connectivity index (χ2v) is 4.20. The van der Waals surface area contributed by atoms with E-state index in [0.717, 1.165) is 6.07 Å². The summed E-state index contributed by atoms with van der Waals surface area (Å²) in [4.78, 5) is 20.7. The Morgan fingerprint density at radius 3 is 2.58 bits per heavy atom. The summed E-state index contributed by atoms with van der Waals surface area (Å²) in [5.74, 6) is -2.29. The highest BCUT2D eigenvalue weighted by molar-refractivity contribution is 5.93. The van der Waals surface area contributed by atoms with Crippen LogP contribution in [-0.4, -0.2) is 22.0 Å². The van der Waals surface area contributed by atoms with Crippen molar-refractivity contribution >= 4 is 17.3 Å². The molecule has 2 rings (SSSR count). The molecule has 19 heavy (non-hydrogen) atoms. The minimum absolute atomic E-state index is 0.0161. The van der Waals surface area contributed by atoms with Gasteiger partial charge in [0.05, 0.1) is 16.7 Å². The number of nitrogens with one attached hydrogen (secondary N) is 1. The molecule has 0 unspecified atom stereocenters. The lowest BCUT2D eigenvalue weighted by Gasteiger charge is -2.14. The zero-order valence-electron chi connectivity index (χ0n) is 9.80. The molecule has 1 aliphatic carbocycles. The van der Waals surface area contributed by atoms with Gasteiger partial charge in [0.1, 0.15) is 5.56 Å². The lowest BCUT2D eigenvalue weighted by atomic mass is 10.1. The molecule has 0 heterocycles. The number of carboxylic acid groups (broad SMARTS) is 1. The molecule has 0 fully saturated rings. The van der Waals surface area contributed by atoms with Gasteiger partial charge in [-0.25, -0.2) is 9.18 Å². The zero-order valence-corrected chi connectivity index (χ0v) is 9.80. The van der Waals surface area contributed by atoms with Crippen LogP contribution in [-0.2, 0) is 0 Å². The van der Waals surface area contributed by atoms with E-state index >= 15 is 0 Å². The number of hydrogen-bond acceptors (Lipinski definition) is 4. The molecule has 0 bridgehead atoms. The fourth-order valence-corrected chi connectivity index (χ4v) is 1.95. The Morgan fingerprint density at radius 1 is 1.42 bits per heavy atom. The van der Waals surface area contributed by atoms with Crippen molar-refractivity contribution < 1.29 is 19.2 Å². The molecule has 0 aromatic heterocycles. The second kappa shape index (κ2) is 5.05. The number of halogens is 1. The minimum Gasteiger partial charge on any atom is -0.477 e. The first kappa shape index (κ1) is 13.0. The first-order valence-electron chi connectivity index (χ1n) is 5.62. The van der Waals surface area contributed by atoms with Crippen LogP contribution in [0.1, 0.15) is 23.2 Å². The third-order valence-electron chi connectivity index (χ3n) is 2.88. The van der Waals surface area contributed by atoms with Gasteiger partial charge >= 0.3 is 5.97 Å². The predicted molar refractivity (Wildman–Crippen MR) is 65.8 cm³/mol. The number of nitrogens with zero attached hydrogens (tertiary/aromatic N) is 1. The molecule has 0 spiro atoms. The molecule has 0 aliphatic heterocycles. The Hall–Kier alpha value is -2.44. The van der Waals surface area contributed by atoms with Gasteiger partial charge in [0.2, 0.25) is 0 Å². The van der Waals surface area contributed by atoms with Gasteiger partial charge in [-0.15, -0.1) is 0 Å². The molecule has 1 aromatic rings. The van der Waals surface area contributed by atoms with E-state index in [1.807, 2.05) is 12.2 Å². The first-order valence-corrected chi connectivity index (χ1v) is 5.62. The number of benzene rings is 1. The van der Waals surface area contributed by atoms with Gasteiger partial charge in [-0.2, -0.15) is 0 Å². The van der Waals surface area contributed by atoms with Crippen LogP contribution in [0.2, 0.25) is 0 Å². The van der Waals surface area contributed by atoms with Gasteiger partial charge in [-0.3, -0.25) is 10.1 Å². The van der Waals surface area contributed by atoms with E-state index < -0.39 is 28.0 Å². The highest BCUT2D eigenvalue weighted by atomic mass is 19.1. The lowest BCUT2D eigenvalue weighted by molar-refractivity contribution is -0.385. The third-order valence-corrected chi connectivity index (χ3v) is 2.88. The van der Waals surface area contributed by atoms with Crippen LogP contribution in [0, 0.1) is 15.9 Å². The summed E-state index contributed by atoms with van der Waals surface area (Å²) in [7, 11) is 0. The average Bonchev–Trinajstić information content (AvgIpc) is 2.83. The number of nitro benzene ring substituents is 1. The number of carbonyl (C=O) groups is 1. The van der Waals surface area contributed by atoms with Crippen LogP contribution in [0.3, 0.4) is 0 Å². The van der Waals surface area contributed by atoms with E-state index in [1.165, 1.54) is 0 Å². The molecule has 100 valence electrons. The third kappa shape index (κ3) is 2.70. The summed E-state index contributed by atoms with van der Waals surface area (Å²) in [6, 6.07) is 1.58. The molecular formula is C12H11FN2O4. The van der Waals surface area contributed by atoms with Crippen LogP contribution in [0.15, 0.2) is 24.3 Å². The Morgan fingerprint density at radius 2 is 2.05 bits per heavy atom. The summed E-state index contributed by atoms with van der Waals surface area (Å²) >= 11 is 0. The van der Waals surface area contributed by atoms with Gasteiger partial charge in [-0.1, -0.05) is 12.2 Å². The topological polar surface area (TPSA) is 92.5 Å². The van der Waals surface area contributed by atoms with Crippen molar-refractivity contribution in [1.29, 1.82) is 0 Å². The van der Waals surface area contributed by atoms with Crippen LogP contribution < -0.4 is 5.32 Å². The van der Waals surface area contributed by atoms with E-state index in [9.17, 15) is 19.3 Å². The molecule has 0 amide bonds. The van der Waals surface area contributed by atoms with Gasteiger partial charge < -0.3 is 10.4 Å². The Kier molecular flexibility index (Phi) is 3.46. The van der Waals surface area contributed by atoms with Crippen molar-refractivity contribution in [3.05, 3.63) is 45.8 Å². The highest BCUT2D eigenvalue weighted by Gasteiger charge is 2.24. The number of carboxylic acids is 1. The quantitative estimate of drug-likeness (QED) is 0.496. The summed E-state index contributed by atoms with van der Waals surface area (Å²) in [5, 5.41) is 22.5. The fraction of sp³-hybridized carbons (Fsp3) is 0.250. The molecule has 0 saturated carbocycles. The predicted octanol–water partition coefficient (Wildman–Crippen LogP) is 2.56. The molecule has 6 nitrogen and oxygen atoms in total. The molecular weight excluding hydrogens is 255 g/mol. The van der Waals surface area contributed by atoms with Gasteiger partial charge in [-0.05, 0) is 18.9 Å². The highest BCUT2D eigenvalue weighted by Crippen LogP contribution is 2.28. The molecule has 0 radical (unpaired) electrons. The zero-order chi connectivity index (χ0) is 14.0. The summed E-state index contributed by atoms with van der Waals surface area (Å²) in [5.41, 5.74) is -1.31. The minimum atomic E-state index is -1.46. The van der Waals surface area contributed by atoms with Gasteiger partial charge in [0.15, 0.2) is 5.82 Å².